The van der Waals surface area contributed by atoms with Crippen LogP contribution in [0.5, 0.6) is 5.75 Å². The lowest BCUT2D eigenvalue weighted by atomic mass is 10.3. The predicted octanol–water partition coefficient (Wildman–Crippen LogP) is 4.06. The van der Waals surface area contributed by atoms with Crippen molar-refractivity contribution >= 4 is 63.2 Å². The van der Waals surface area contributed by atoms with Gasteiger partial charge in [-0.25, -0.2) is 18.4 Å². The summed E-state index contributed by atoms with van der Waals surface area (Å²) >= 11 is 2.90. The minimum Gasteiger partial charge on any atom is -0.494 e. The van der Waals surface area contributed by atoms with E-state index >= 15 is 0 Å². The molecule has 0 aliphatic heterocycles. The molecule has 0 unspecified atom stereocenters. The van der Waals surface area contributed by atoms with Gasteiger partial charge < -0.3 is 10.1 Å². The second kappa shape index (κ2) is 5.94. The topological polar surface area (TPSA) is 81.2 Å². The van der Waals surface area contributed by atoms with Crippen molar-refractivity contribution in [2.75, 3.05) is 18.7 Å². The Bertz CT molecular complexity index is 1200. The third-order valence-corrected chi connectivity index (χ3v) is 6.58. The smallest absolute Gasteiger partial charge is 0.190 e. The van der Waals surface area contributed by atoms with Gasteiger partial charge in [-0.1, -0.05) is 28.7 Å². The van der Waals surface area contributed by atoms with Crippen LogP contribution in [0.3, 0.4) is 0 Å². The van der Waals surface area contributed by atoms with Gasteiger partial charge in [0.05, 0.1) is 26.9 Å². The summed E-state index contributed by atoms with van der Waals surface area (Å²) in [6.07, 6.45) is 1.20. The van der Waals surface area contributed by atoms with Crippen molar-refractivity contribution in [2.45, 2.75) is 4.90 Å². The van der Waals surface area contributed by atoms with Crippen molar-refractivity contribution in [3.05, 3.63) is 36.4 Å². The van der Waals surface area contributed by atoms with Crippen molar-refractivity contribution in [1.29, 1.82) is 0 Å². The molecule has 0 radical (unpaired) electrons. The quantitative estimate of drug-likeness (QED) is 0.565. The van der Waals surface area contributed by atoms with Crippen LogP contribution in [0, 0.1) is 0 Å². The fourth-order valence-corrected chi connectivity index (χ4v) is 4.99. The number of hydrogen-bond acceptors (Lipinski definition) is 8. The third-order valence-electron chi connectivity index (χ3n) is 3.60. The highest BCUT2D eigenvalue weighted by atomic mass is 32.2. The van der Waals surface area contributed by atoms with E-state index in [2.05, 4.69) is 15.3 Å². The first-order chi connectivity index (χ1) is 11.9. The number of hydrogen-bond donors (Lipinski definition) is 1. The fraction of sp³-hybridized carbons (Fsp3) is 0.125. The molecule has 2 heterocycles. The van der Waals surface area contributed by atoms with Gasteiger partial charge in [0.15, 0.2) is 20.1 Å². The van der Waals surface area contributed by atoms with E-state index in [0.717, 1.165) is 26.2 Å². The molecular formula is C16H13N3O3S3. The van der Waals surface area contributed by atoms with Crippen LogP contribution >= 0.6 is 22.7 Å². The van der Waals surface area contributed by atoms with Gasteiger partial charge in [-0.2, -0.15) is 0 Å². The Morgan fingerprint density at radius 3 is 2.56 bits per heavy atom. The van der Waals surface area contributed by atoms with Gasteiger partial charge in [0.25, 0.3) is 0 Å². The summed E-state index contributed by atoms with van der Waals surface area (Å²) in [6.45, 7) is 0. The molecule has 0 aliphatic rings. The number of aromatic nitrogens is 2. The zero-order chi connectivity index (χ0) is 17.6. The Morgan fingerprint density at radius 2 is 1.80 bits per heavy atom. The highest BCUT2D eigenvalue weighted by Crippen LogP contribution is 2.35. The van der Waals surface area contributed by atoms with E-state index in [0.29, 0.717) is 15.2 Å². The van der Waals surface area contributed by atoms with Crippen molar-refractivity contribution in [2.24, 2.45) is 0 Å². The van der Waals surface area contributed by atoms with Gasteiger partial charge in [-0.3, -0.25) is 0 Å². The lowest BCUT2D eigenvalue weighted by Gasteiger charge is -1.98. The standard InChI is InChI=1S/C16H13N3O3S3/c1-22-11-4-3-5-12-14(11)18-16(23-12)19-15-17-10-7-6-9(25(2,20)21)8-13(10)24-15/h3-8H,1-2H3,(H,17,18,19). The van der Waals surface area contributed by atoms with Crippen LogP contribution in [-0.4, -0.2) is 31.8 Å². The van der Waals surface area contributed by atoms with Crippen molar-refractivity contribution in [3.63, 3.8) is 0 Å². The number of benzene rings is 2. The van der Waals surface area contributed by atoms with E-state index in [9.17, 15) is 8.42 Å². The van der Waals surface area contributed by atoms with Crippen LogP contribution in [0.4, 0.5) is 10.3 Å². The van der Waals surface area contributed by atoms with Crippen LogP contribution in [0.15, 0.2) is 41.3 Å². The second-order valence-electron chi connectivity index (χ2n) is 5.37. The molecule has 9 heteroatoms. The number of para-hydroxylation sites is 1. The first-order valence-electron chi connectivity index (χ1n) is 7.25. The number of ether oxygens (including phenoxy) is 1. The van der Waals surface area contributed by atoms with Crippen LogP contribution in [0.2, 0.25) is 0 Å². The summed E-state index contributed by atoms with van der Waals surface area (Å²) in [6, 6.07) is 10.7. The number of nitrogens with one attached hydrogen (secondary N) is 1. The maximum atomic E-state index is 11.7. The number of fused-ring (bicyclic) bond motifs is 2. The molecule has 4 aromatic rings. The Morgan fingerprint density at radius 1 is 1.04 bits per heavy atom. The van der Waals surface area contributed by atoms with Gasteiger partial charge in [0.2, 0.25) is 0 Å². The van der Waals surface area contributed by atoms with Crippen LogP contribution in [0.25, 0.3) is 20.4 Å². The van der Waals surface area contributed by atoms with E-state index in [1.807, 2.05) is 18.2 Å². The normalized spacial score (nSPS) is 11.9. The zero-order valence-corrected chi connectivity index (χ0v) is 15.8. The van der Waals surface area contributed by atoms with Crippen molar-refractivity contribution in [3.8, 4) is 5.75 Å². The Hall–Kier alpha value is -2.23. The first kappa shape index (κ1) is 16.2. The minimum atomic E-state index is -3.23. The Labute approximate surface area is 152 Å². The summed E-state index contributed by atoms with van der Waals surface area (Å²) < 4.78 is 30.5. The van der Waals surface area contributed by atoms with E-state index in [4.69, 9.17) is 4.74 Å². The van der Waals surface area contributed by atoms with Crippen molar-refractivity contribution in [1.82, 2.24) is 9.97 Å². The van der Waals surface area contributed by atoms with Gasteiger partial charge in [0, 0.05) is 6.26 Å². The molecule has 0 saturated heterocycles. The van der Waals surface area contributed by atoms with Crippen LogP contribution < -0.4 is 10.1 Å². The molecule has 2 aromatic carbocycles. The molecule has 0 atom stereocenters. The Balaban J connectivity index is 1.71. The first-order valence-corrected chi connectivity index (χ1v) is 10.8. The highest BCUT2D eigenvalue weighted by molar-refractivity contribution is 7.90. The number of methoxy groups -OCH3 is 1. The van der Waals surface area contributed by atoms with E-state index in [1.165, 1.54) is 28.9 Å². The molecule has 2 aromatic heterocycles. The lowest BCUT2D eigenvalue weighted by molar-refractivity contribution is 0.419. The van der Waals surface area contributed by atoms with Crippen molar-refractivity contribution < 1.29 is 13.2 Å². The van der Waals surface area contributed by atoms with Gasteiger partial charge in [-0.05, 0) is 30.3 Å². The van der Waals surface area contributed by atoms with E-state index in [1.54, 1.807) is 25.3 Å². The largest absolute Gasteiger partial charge is 0.494 e. The second-order valence-corrected chi connectivity index (χ2v) is 9.45. The van der Waals surface area contributed by atoms with Crippen LogP contribution in [0.1, 0.15) is 0 Å². The molecule has 1 N–H and O–H groups in total. The maximum absolute atomic E-state index is 11.7. The molecule has 0 aliphatic carbocycles. The molecule has 0 fully saturated rings. The average molecular weight is 391 g/mol. The monoisotopic (exact) mass is 391 g/mol. The maximum Gasteiger partial charge on any atom is 0.190 e. The molecule has 25 heavy (non-hydrogen) atoms. The highest BCUT2D eigenvalue weighted by Gasteiger charge is 2.13. The number of sulfone groups is 1. The predicted molar refractivity (Wildman–Crippen MR) is 102 cm³/mol. The summed E-state index contributed by atoms with van der Waals surface area (Å²) in [7, 11) is -1.62. The minimum absolute atomic E-state index is 0.292. The van der Waals surface area contributed by atoms with E-state index < -0.39 is 9.84 Å². The summed E-state index contributed by atoms with van der Waals surface area (Å²) in [5, 5.41) is 4.58. The number of rotatable bonds is 4. The van der Waals surface area contributed by atoms with Gasteiger partial charge in [0.1, 0.15) is 11.3 Å². The SMILES string of the molecule is COc1cccc2sc(Nc3nc4ccc(S(C)(=O)=O)cc4s3)nc12. The average Bonchev–Trinajstić information content (AvgIpc) is 3.15. The molecule has 128 valence electrons. The molecule has 0 bridgehead atoms. The van der Waals surface area contributed by atoms with Crippen LogP contribution in [-0.2, 0) is 9.84 Å². The molecule has 0 saturated carbocycles. The number of nitrogens with zero attached hydrogens (tertiary/aromatic N) is 2. The van der Waals surface area contributed by atoms with Gasteiger partial charge >= 0.3 is 0 Å². The molecule has 0 spiro atoms. The Kier molecular flexibility index (Phi) is 3.86. The summed E-state index contributed by atoms with van der Waals surface area (Å²) in [5.74, 6) is 0.726. The zero-order valence-electron chi connectivity index (χ0n) is 13.3. The summed E-state index contributed by atoms with van der Waals surface area (Å²) in [4.78, 5) is 9.34. The van der Waals surface area contributed by atoms with E-state index in [-0.39, 0.29) is 0 Å². The number of thiazole rings is 2. The fourth-order valence-electron chi connectivity index (χ4n) is 2.42. The summed E-state index contributed by atoms with van der Waals surface area (Å²) in [5.41, 5.74) is 1.55. The molecular weight excluding hydrogens is 378 g/mol. The van der Waals surface area contributed by atoms with Gasteiger partial charge in [-0.15, -0.1) is 0 Å². The number of anilines is 2. The third kappa shape index (κ3) is 3.06. The molecule has 4 rings (SSSR count). The molecule has 6 nitrogen and oxygen atoms in total. The lowest BCUT2D eigenvalue weighted by Crippen LogP contribution is -1.95. The molecule has 0 amide bonds.